The molecule has 1 unspecified atom stereocenters. The van der Waals surface area contributed by atoms with Crippen LogP contribution >= 0.6 is 11.6 Å². The van der Waals surface area contributed by atoms with E-state index in [1.54, 1.807) is 26.1 Å². The minimum atomic E-state index is -0.877. The van der Waals surface area contributed by atoms with Crippen molar-refractivity contribution < 1.29 is 28.2 Å². The summed E-state index contributed by atoms with van der Waals surface area (Å²) in [6.45, 7) is 0.909. The van der Waals surface area contributed by atoms with Crippen molar-refractivity contribution in [1.82, 2.24) is 9.97 Å². The highest BCUT2D eigenvalue weighted by molar-refractivity contribution is 6.30. The first-order valence-electron chi connectivity index (χ1n) is 10.6. The Hall–Kier alpha value is -3.63. The van der Waals surface area contributed by atoms with Crippen molar-refractivity contribution in [3.63, 3.8) is 0 Å². The van der Waals surface area contributed by atoms with E-state index in [9.17, 15) is 23.5 Å². The molecule has 2 N–H and O–H groups in total. The first-order chi connectivity index (χ1) is 16.7. The summed E-state index contributed by atoms with van der Waals surface area (Å²) in [6, 6.07) is 8.29. The van der Waals surface area contributed by atoms with Gasteiger partial charge in [-0.15, -0.1) is 0 Å². The number of likely N-dealkylation sites (N-methyl/N-ethyl adjacent to an activating group) is 1. The fourth-order valence-electron chi connectivity index (χ4n) is 3.41. The second kappa shape index (κ2) is 11.7. The molecule has 0 saturated carbocycles. The van der Waals surface area contributed by atoms with E-state index in [4.69, 9.17) is 16.3 Å². The number of ether oxygens (including phenoxy) is 1. The molecule has 0 bridgehead atoms. The van der Waals surface area contributed by atoms with Crippen molar-refractivity contribution in [3.05, 3.63) is 65.1 Å². The lowest BCUT2D eigenvalue weighted by Gasteiger charge is -2.25. The largest absolute Gasteiger partial charge is 0.475 e. The van der Waals surface area contributed by atoms with Crippen LogP contribution in [-0.2, 0) is 9.59 Å². The molecule has 0 radical (unpaired) electrons. The molecule has 184 valence electrons. The molecular weight excluding hydrogens is 482 g/mol. The van der Waals surface area contributed by atoms with E-state index in [-0.39, 0.29) is 42.0 Å². The lowest BCUT2D eigenvalue weighted by atomic mass is 9.96. The predicted octanol–water partition coefficient (Wildman–Crippen LogP) is 3.82. The van der Waals surface area contributed by atoms with E-state index in [0.717, 1.165) is 18.4 Å². The van der Waals surface area contributed by atoms with Crippen LogP contribution in [0.15, 0.2) is 42.6 Å². The topological polar surface area (TPSA) is 105 Å². The molecule has 3 rings (SSSR count). The lowest BCUT2D eigenvalue weighted by molar-refractivity contribution is -0.115. The van der Waals surface area contributed by atoms with E-state index in [1.165, 1.54) is 23.2 Å². The number of anilines is 2. The van der Waals surface area contributed by atoms with Gasteiger partial charge in [0.25, 0.3) is 0 Å². The summed E-state index contributed by atoms with van der Waals surface area (Å²) >= 11 is 5.68. The Kier molecular flexibility index (Phi) is 8.67. The number of hydrogen-bond donors (Lipinski definition) is 2. The van der Waals surface area contributed by atoms with Crippen molar-refractivity contribution in [3.8, 4) is 17.0 Å². The Morgan fingerprint density at radius 1 is 1.31 bits per heavy atom. The number of aliphatic hydroxyl groups excluding tert-OH is 1. The lowest BCUT2D eigenvalue weighted by Crippen LogP contribution is -2.30. The van der Waals surface area contributed by atoms with Gasteiger partial charge >= 0.3 is 0 Å². The van der Waals surface area contributed by atoms with Gasteiger partial charge in [-0.25, -0.2) is 4.39 Å². The maximum absolute atomic E-state index is 14.5. The van der Waals surface area contributed by atoms with E-state index >= 15 is 0 Å². The average Bonchev–Trinajstić information content (AvgIpc) is 2.84. The average molecular weight is 505 g/mol. The summed E-state index contributed by atoms with van der Waals surface area (Å²) in [6.07, 6.45) is 2.24. The molecule has 0 fully saturated rings. The second-order valence-corrected chi connectivity index (χ2v) is 8.02. The first kappa shape index (κ1) is 26.0. The van der Waals surface area contributed by atoms with Crippen LogP contribution in [0.3, 0.4) is 0 Å². The van der Waals surface area contributed by atoms with Gasteiger partial charge in [-0.05, 0) is 24.3 Å². The van der Waals surface area contributed by atoms with Crippen LogP contribution < -0.4 is 15.0 Å². The van der Waals surface area contributed by atoms with Crippen LogP contribution in [0.25, 0.3) is 11.1 Å². The number of nitrogens with zero attached hydrogens (tertiary/aromatic N) is 3. The number of aromatic nitrogens is 2. The highest BCUT2D eigenvalue weighted by atomic mass is 35.5. The van der Waals surface area contributed by atoms with E-state index in [0.29, 0.717) is 16.8 Å². The fraction of sp³-hybridized carbons (Fsp3) is 0.250. The minimum Gasteiger partial charge on any atom is -0.475 e. The zero-order valence-corrected chi connectivity index (χ0v) is 19.7. The number of hydrogen-bond acceptors (Lipinski definition) is 7. The van der Waals surface area contributed by atoms with E-state index < -0.39 is 23.6 Å². The van der Waals surface area contributed by atoms with Gasteiger partial charge in [0, 0.05) is 30.6 Å². The molecule has 0 aliphatic carbocycles. The maximum Gasteiger partial charge on any atom is 0.243 e. The Bertz CT molecular complexity index is 1230. The third-order valence-electron chi connectivity index (χ3n) is 5.00. The number of carbonyl (C=O) groups excluding carboxylic acids is 2. The van der Waals surface area contributed by atoms with Gasteiger partial charge in [0.05, 0.1) is 41.0 Å². The van der Waals surface area contributed by atoms with Crippen molar-refractivity contribution in [1.29, 1.82) is 0 Å². The Morgan fingerprint density at radius 3 is 2.77 bits per heavy atom. The highest BCUT2D eigenvalue weighted by Crippen LogP contribution is 2.40. The number of amides is 1. The van der Waals surface area contributed by atoms with Gasteiger partial charge in [-0.1, -0.05) is 24.6 Å². The molecule has 0 spiro atoms. The standard InChI is InChI=1S/C24H23ClF2N4O4/c1-14(13-33)23-16(4-3-7-28-23)22-19(11-20(27)30-24(22)35-9-8-32)31(2)12-21(34)29-15-5-6-17(25)18(26)10-15/h3-7,10-11,13-14,32H,8-9,12H2,1-2H3,(H,29,34). The van der Waals surface area contributed by atoms with Crippen LogP contribution in [0.1, 0.15) is 18.5 Å². The Balaban J connectivity index is 2.02. The summed E-state index contributed by atoms with van der Waals surface area (Å²) in [4.78, 5) is 33.7. The summed E-state index contributed by atoms with van der Waals surface area (Å²) in [7, 11) is 1.55. The molecule has 8 nitrogen and oxygen atoms in total. The number of nitrogens with one attached hydrogen (secondary N) is 1. The van der Waals surface area contributed by atoms with Gasteiger partial charge < -0.3 is 24.9 Å². The molecule has 1 aromatic carbocycles. The second-order valence-electron chi connectivity index (χ2n) is 7.61. The normalized spacial score (nSPS) is 11.6. The minimum absolute atomic E-state index is 0.0794. The number of carbonyl (C=O) groups is 2. The van der Waals surface area contributed by atoms with Gasteiger partial charge in [0.15, 0.2) is 0 Å². The Morgan fingerprint density at radius 2 is 2.09 bits per heavy atom. The van der Waals surface area contributed by atoms with Crippen molar-refractivity contribution in [2.75, 3.05) is 37.0 Å². The number of rotatable bonds is 10. The van der Waals surface area contributed by atoms with E-state index in [1.807, 2.05) is 0 Å². The summed E-state index contributed by atoms with van der Waals surface area (Å²) in [5.74, 6) is -2.80. The number of halogens is 3. The first-order valence-corrected chi connectivity index (χ1v) is 10.9. The molecule has 35 heavy (non-hydrogen) atoms. The molecular formula is C24H23ClF2N4O4. The smallest absolute Gasteiger partial charge is 0.243 e. The van der Waals surface area contributed by atoms with Gasteiger partial charge in [0.2, 0.25) is 17.7 Å². The molecule has 0 aliphatic rings. The SMILES string of the molecule is CC(C=O)c1ncccc1-c1c(N(C)CC(=O)Nc2ccc(Cl)c(F)c2)cc(F)nc1OCCO. The third-order valence-corrected chi connectivity index (χ3v) is 5.31. The molecule has 11 heteroatoms. The number of aliphatic hydroxyl groups is 1. The zero-order chi connectivity index (χ0) is 25.5. The van der Waals surface area contributed by atoms with E-state index in [2.05, 4.69) is 15.3 Å². The van der Waals surface area contributed by atoms with Gasteiger partial charge in [-0.3, -0.25) is 9.78 Å². The number of aldehydes is 1. The summed E-state index contributed by atoms with van der Waals surface area (Å²) < 4.78 is 33.7. The molecule has 2 heterocycles. The molecule has 2 aromatic heterocycles. The van der Waals surface area contributed by atoms with Crippen LogP contribution in [0.4, 0.5) is 20.2 Å². The van der Waals surface area contributed by atoms with Crippen molar-refractivity contribution in [2.24, 2.45) is 0 Å². The van der Waals surface area contributed by atoms with Crippen molar-refractivity contribution >= 4 is 35.2 Å². The number of pyridine rings is 2. The third kappa shape index (κ3) is 6.28. The van der Waals surface area contributed by atoms with Gasteiger partial charge in [0.1, 0.15) is 18.7 Å². The zero-order valence-electron chi connectivity index (χ0n) is 19.0. The molecule has 3 aromatic rings. The van der Waals surface area contributed by atoms with Crippen LogP contribution in [0, 0.1) is 11.8 Å². The summed E-state index contributed by atoms with van der Waals surface area (Å²) in [5, 5.41) is 11.7. The van der Waals surface area contributed by atoms with Gasteiger partial charge in [-0.2, -0.15) is 9.37 Å². The molecule has 0 saturated heterocycles. The van der Waals surface area contributed by atoms with Crippen LogP contribution in [0.2, 0.25) is 5.02 Å². The monoisotopic (exact) mass is 504 g/mol. The van der Waals surface area contributed by atoms with Crippen LogP contribution in [0.5, 0.6) is 5.88 Å². The van der Waals surface area contributed by atoms with Crippen molar-refractivity contribution in [2.45, 2.75) is 12.8 Å². The molecule has 0 aliphatic heterocycles. The molecule has 1 atom stereocenters. The summed E-state index contributed by atoms with van der Waals surface area (Å²) in [5.41, 5.74) is 1.59. The molecule has 1 amide bonds. The quantitative estimate of drug-likeness (QED) is 0.319. The number of benzene rings is 1. The highest BCUT2D eigenvalue weighted by Gasteiger charge is 2.24. The Labute approximate surface area is 205 Å². The predicted molar refractivity (Wildman–Crippen MR) is 128 cm³/mol. The fourth-order valence-corrected chi connectivity index (χ4v) is 3.53. The maximum atomic E-state index is 14.5. The van der Waals surface area contributed by atoms with Crippen LogP contribution in [-0.4, -0.2) is 54.1 Å².